The molecule has 0 heterocycles. The van der Waals surface area contributed by atoms with Gasteiger partial charge >= 0.3 is 0 Å². The molecule has 0 saturated heterocycles. The van der Waals surface area contributed by atoms with Crippen molar-refractivity contribution in [1.82, 2.24) is 9.62 Å². The van der Waals surface area contributed by atoms with Crippen LogP contribution in [-0.2, 0) is 14.8 Å². The Morgan fingerprint density at radius 1 is 1.33 bits per heavy atom. The summed E-state index contributed by atoms with van der Waals surface area (Å²) in [5.41, 5.74) is 0. The number of benzene rings is 1. The van der Waals surface area contributed by atoms with Gasteiger partial charge in [-0.15, -0.1) is 11.8 Å². The van der Waals surface area contributed by atoms with Crippen molar-refractivity contribution in [1.29, 1.82) is 0 Å². The number of halogens is 1. The SMILES string of the molecule is CN(CCCNC(=O)CSc1ccc(Br)cc1)S(C)(=O)=O. The Hall–Kier alpha value is -0.570. The fourth-order valence-electron chi connectivity index (χ4n) is 1.43. The van der Waals surface area contributed by atoms with Crippen LogP contribution in [0.25, 0.3) is 0 Å². The molecule has 0 aliphatic carbocycles. The van der Waals surface area contributed by atoms with Gasteiger partial charge in [0.2, 0.25) is 15.9 Å². The second kappa shape index (κ2) is 8.77. The molecule has 0 aliphatic rings. The van der Waals surface area contributed by atoms with Gasteiger partial charge in [0, 0.05) is 29.5 Å². The molecule has 8 heteroatoms. The molecule has 1 aromatic rings. The van der Waals surface area contributed by atoms with E-state index in [1.54, 1.807) is 0 Å². The first-order valence-corrected chi connectivity index (χ1v) is 9.98. The van der Waals surface area contributed by atoms with Crippen molar-refractivity contribution in [3.05, 3.63) is 28.7 Å². The van der Waals surface area contributed by atoms with E-state index in [1.807, 2.05) is 24.3 Å². The molecule has 21 heavy (non-hydrogen) atoms. The van der Waals surface area contributed by atoms with Crippen molar-refractivity contribution >= 4 is 43.6 Å². The summed E-state index contributed by atoms with van der Waals surface area (Å²) in [5, 5.41) is 2.78. The highest BCUT2D eigenvalue weighted by molar-refractivity contribution is 9.10. The molecular weight excluding hydrogens is 376 g/mol. The maximum absolute atomic E-state index is 11.7. The molecule has 0 bridgehead atoms. The van der Waals surface area contributed by atoms with Gasteiger partial charge in [0.05, 0.1) is 12.0 Å². The van der Waals surface area contributed by atoms with E-state index in [9.17, 15) is 13.2 Å². The van der Waals surface area contributed by atoms with Crippen molar-refractivity contribution in [3.63, 3.8) is 0 Å². The van der Waals surface area contributed by atoms with E-state index in [1.165, 1.54) is 29.4 Å². The third kappa shape index (κ3) is 7.85. The molecule has 0 saturated carbocycles. The molecule has 0 spiro atoms. The normalized spacial score (nSPS) is 11.6. The maximum atomic E-state index is 11.7. The zero-order valence-corrected chi connectivity index (χ0v) is 15.2. The molecule has 0 unspecified atom stereocenters. The quantitative estimate of drug-likeness (QED) is 0.540. The molecule has 5 nitrogen and oxygen atoms in total. The van der Waals surface area contributed by atoms with Gasteiger partial charge < -0.3 is 5.32 Å². The van der Waals surface area contributed by atoms with E-state index in [4.69, 9.17) is 0 Å². The molecule has 1 amide bonds. The molecule has 0 radical (unpaired) electrons. The van der Waals surface area contributed by atoms with Crippen LogP contribution in [0.3, 0.4) is 0 Å². The Labute approximate surface area is 138 Å². The Kier molecular flexibility index (Phi) is 7.72. The lowest BCUT2D eigenvalue weighted by Gasteiger charge is -2.13. The molecule has 0 atom stereocenters. The highest BCUT2D eigenvalue weighted by Crippen LogP contribution is 2.20. The monoisotopic (exact) mass is 394 g/mol. The van der Waals surface area contributed by atoms with Gasteiger partial charge in [0.15, 0.2) is 0 Å². The Morgan fingerprint density at radius 3 is 2.52 bits per heavy atom. The molecule has 1 aromatic carbocycles. The largest absolute Gasteiger partial charge is 0.355 e. The van der Waals surface area contributed by atoms with Crippen LogP contribution in [0.2, 0.25) is 0 Å². The molecule has 0 fully saturated rings. The van der Waals surface area contributed by atoms with Gasteiger partial charge in [-0.3, -0.25) is 4.79 Å². The van der Waals surface area contributed by atoms with Crippen molar-refractivity contribution in [2.45, 2.75) is 11.3 Å². The summed E-state index contributed by atoms with van der Waals surface area (Å²) in [7, 11) is -1.61. The van der Waals surface area contributed by atoms with Crippen molar-refractivity contribution in [3.8, 4) is 0 Å². The molecular formula is C13H19BrN2O3S2. The van der Waals surface area contributed by atoms with Crippen LogP contribution in [0.15, 0.2) is 33.6 Å². The number of rotatable bonds is 8. The summed E-state index contributed by atoms with van der Waals surface area (Å²) >= 11 is 4.82. The average Bonchev–Trinajstić information content (AvgIpc) is 2.41. The van der Waals surface area contributed by atoms with E-state index < -0.39 is 10.0 Å². The van der Waals surface area contributed by atoms with Gasteiger partial charge in [-0.05, 0) is 30.7 Å². The number of sulfonamides is 1. The molecule has 1 rings (SSSR count). The molecule has 118 valence electrons. The number of hydrogen-bond acceptors (Lipinski definition) is 4. The summed E-state index contributed by atoms with van der Waals surface area (Å²) in [6.07, 6.45) is 1.76. The summed E-state index contributed by atoms with van der Waals surface area (Å²) < 4.78 is 24.6. The van der Waals surface area contributed by atoms with Crippen LogP contribution < -0.4 is 5.32 Å². The van der Waals surface area contributed by atoms with E-state index in [0.29, 0.717) is 25.3 Å². The zero-order valence-electron chi connectivity index (χ0n) is 12.0. The number of thioether (sulfide) groups is 1. The van der Waals surface area contributed by atoms with Crippen LogP contribution in [0.5, 0.6) is 0 Å². The van der Waals surface area contributed by atoms with E-state index in [-0.39, 0.29) is 5.91 Å². The zero-order chi connectivity index (χ0) is 15.9. The molecule has 1 N–H and O–H groups in total. The first-order chi connectivity index (χ1) is 9.79. The number of amides is 1. The number of carbonyl (C=O) groups excluding carboxylic acids is 1. The van der Waals surface area contributed by atoms with Crippen molar-refractivity contribution in [2.24, 2.45) is 0 Å². The lowest BCUT2D eigenvalue weighted by Crippen LogP contribution is -2.31. The standard InChI is InChI=1S/C13H19BrN2O3S2/c1-16(21(2,18)19)9-3-8-15-13(17)10-20-12-6-4-11(14)5-7-12/h4-7H,3,8-10H2,1-2H3,(H,15,17). The van der Waals surface area contributed by atoms with Crippen LogP contribution in [0.1, 0.15) is 6.42 Å². The first kappa shape index (κ1) is 18.5. The maximum Gasteiger partial charge on any atom is 0.230 e. The summed E-state index contributed by atoms with van der Waals surface area (Å²) in [6, 6.07) is 7.76. The minimum Gasteiger partial charge on any atom is -0.355 e. The number of carbonyl (C=O) groups is 1. The number of nitrogens with one attached hydrogen (secondary N) is 1. The predicted molar refractivity (Wildman–Crippen MR) is 90.0 cm³/mol. The van der Waals surface area contributed by atoms with E-state index in [2.05, 4.69) is 21.2 Å². The Morgan fingerprint density at radius 2 is 1.95 bits per heavy atom. The molecule has 0 aliphatic heterocycles. The lowest BCUT2D eigenvalue weighted by molar-refractivity contribution is -0.118. The average molecular weight is 395 g/mol. The second-order valence-corrected chi connectivity index (χ2v) is 8.58. The van der Waals surface area contributed by atoms with Crippen molar-refractivity contribution in [2.75, 3.05) is 32.1 Å². The van der Waals surface area contributed by atoms with E-state index >= 15 is 0 Å². The third-order valence-electron chi connectivity index (χ3n) is 2.72. The third-order valence-corrected chi connectivity index (χ3v) is 5.58. The van der Waals surface area contributed by atoms with Gasteiger partial charge in [0.1, 0.15) is 0 Å². The van der Waals surface area contributed by atoms with Crippen molar-refractivity contribution < 1.29 is 13.2 Å². The summed E-state index contributed by atoms with van der Waals surface area (Å²) in [4.78, 5) is 12.7. The molecule has 0 aromatic heterocycles. The smallest absolute Gasteiger partial charge is 0.230 e. The fraction of sp³-hybridized carbons (Fsp3) is 0.462. The highest BCUT2D eigenvalue weighted by Gasteiger charge is 2.10. The van der Waals surface area contributed by atoms with Gasteiger partial charge in [-0.25, -0.2) is 12.7 Å². The minimum absolute atomic E-state index is 0.0510. The number of nitrogens with zero attached hydrogens (tertiary/aromatic N) is 1. The topological polar surface area (TPSA) is 66.5 Å². The van der Waals surface area contributed by atoms with Crippen LogP contribution in [-0.4, -0.2) is 50.8 Å². The summed E-state index contributed by atoms with van der Waals surface area (Å²) in [5.74, 6) is 0.300. The van der Waals surface area contributed by atoms with E-state index in [0.717, 1.165) is 9.37 Å². The Balaban J connectivity index is 2.18. The van der Waals surface area contributed by atoms with Gasteiger partial charge in [-0.2, -0.15) is 0 Å². The highest BCUT2D eigenvalue weighted by atomic mass is 79.9. The number of hydrogen-bond donors (Lipinski definition) is 1. The first-order valence-electron chi connectivity index (χ1n) is 6.35. The predicted octanol–water partition coefficient (Wildman–Crippen LogP) is 1.94. The Bertz CT molecular complexity index is 561. The van der Waals surface area contributed by atoms with Crippen LogP contribution in [0, 0.1) is 0 Å². The van der Waals surface area contributed by atoms with Crippen LogP contribution in [0.4, 0.5) is 0 Å². The lowest BCUT2D eigenvalue weighted by atomic mass is 10.4. The van der Waals surface area contributed by atoms with Gasteiger partial charge in [0.25, 0.3) is 0 Å². The summed E-state index contributed by atoms with van der Waals surface area (Å²) in [6.45, 7) is 0.874. The van der Waals surface area contributed by atoms with Gasteiger partial charge in [-0.1, -0.05) is 15.9 Å². The fourth-order valence-corrected chi connectivity index (χ4v) is 2.88. The van der Waals surface area contributed by atoms with Crippen LogP contribution >= 0.6 is 27.7 Å². The minimum atomic E-state index is -3.14. The second-order valence-electron chi connectivity index (χ2n) is 4.53.